The third-order valence-electron chi connectivity index (χ3n) is 2.06. The second-order valence-corrected chi connectivity index (χ2v) is 3.03. The lowest BCUT2D eigenvalue weighted by atomic mass is 10.1. The third-order valence-corrected chi connectivity index (χ3v) is 2.06. The molecule has 64 valence electrons. The fourth-order valence-corrected chi connectivity index (χ4v) is 1.27. The highest BCUT2D eigenvalue weighted by Crippen LogP contribution is 2.35. The normalized spacial score (nSPS) is 19.8. The molecule has 1 saturated carbocycles. The summed E-state index contributed by atoms with van der Waals surface area (Å²) in [6.45, 7) is 4.50. The van der Waals surface area contributed by atoms with Crippen LogP contribution in [-0.4, -0.2) is 18.5 Å². The zero-order chi connectivity index (χ0) is 8.27. The predicted molar refractivity (Wildman–Crippen MR) is 43.4 cm³/mol. The molecule has 0 radical (unpaired) electrons. The Bertz CT molecular complexity index is 138. The summed E-state index contributed by atoms with van der Waals surface area (Å²) in [4.78, 5) is 11.3. The Kier molecular flexibility index (Phi) is 3.06. The van der Waals surface area contributed by atoms with E-state index in [2.05, 4.69) is 0 Å². The lowest BCUT2D eigenvalue weighted by molar-refractivity contribution is -0.131. The van der Waals surface area contributed by atoms with E-state index in [0.29, 0.717) is 18.9 Å². The van der Waals surface area contributed by atoms with Crippen molar-refractivity contribution < 1.29 is 9.53 Å². The average Bonchev–Trinajstić information content (AvgIpc) is 2.81. The second kappa shape index (κ2) is 3.86. The van der Waals surface area contributed by atoms with Gasteiger partial charge in [0.1, 0.15) is 6.10 Å². The molecule has 0 aliphatic heterocycles. The van der Waals surface area contributed by atoms with Gasteiger partial charge in [0.25, 0.3) is 0 Å². The maximum Gasteiger partial charge on any atom is 0.161 e. The number of hydrogen-bond donors (Lipinski definition) is 0. The van der Waals surface area contributed by atoms with Gasteiger partial charge in [0.15, 0.2) is 5.78 Å². The van der Waals surface area contributed by atoms with Crippen molar-refractivity contribution in [2.24, 2.45) is 5.92 Å². The number of carbonyl (C=O) groups excluding carboxylic acids is 1. The van der Waals surface area contributed by atoms with Gasteiger partial charge in [-0.25, -0.2) is 0 Å². The molecular weight excluding hydrogens is 140 g/mol. The molecule has 0 heterocycles. The summed E-state index contributed by atoms with van der Waals surface area (Å²) >= 11 is 0. The number of ketones is 1. The van der Waals surface area contributed by atoms with Gasteiger partial charge >= 0.3 is 0 Å². The SMILES string of the molecule is CCOC(C(=O)CC)C1CC1. The minimum absolute atomic E-state index is 0.0787. The summed E-state index contributed by atoms with van der Waals surface area (Å²) in [7, 11) is 0. The largest absolute Gasteiger partial charge is 0.370 e. The number of hydrogen-bond acceptors (Lipinski definition) is 2. The van der Waals surface area contributed by atoms with E-state index >= 15 is 0 Å². The van der Waals surface area contributed by atoms with Crippen molar-refractivity contribution in [1.82, 2.24) is 0 Å². The van der Waals surface area contributed by atoms with Gasteiger partial charge in [0.05, 0.1) is 0 Å². The molecule has 1 fully saturated rings. The molecule has 0 bridgehead atoms. The van der Waals surface area contributed by atoms with Gasteiger partial charge in [0.2, 0.25) is 0 Å². The summed E-state index contributed by atoms with van der Waals surface area (Å²) in [6, 6.07) is 0. The second-order valence-electron chi connectivity index (χ2n) is 3.03. The molecule has 1 aliphatic rings. The van der Waals surface area contributed by atoms with Crippen LogP contribution in [0.5, 0.6) is 0 Å². The van der Waals surface area contributed by atoms with Gasteiger partial charge in [-0.1, -0.05) is 6.92 Å². The number of ether oxygens (including phenoxy) is 1. The van der Waals surface area contributed by atoms with E-state index in [1.807, 2.05) is 13.8 Å². The smallest absolute Gasteiger partial charge is 0.161 e. The number of rotatable bonds is 5. The molecule has 0 aromatic rings. The minimum Gasteiger partial charge on any atom is -0.370 e. The molecule has 0 amide bonds. The first-order valence-corrected chi connectivity index (χ1v) is 4.43. The molecule has 0 aromatic heterocycles. The van der Waals surface area contributed by atoms with Crippen molar-refractivity contribution >= 4 is 5.78 Å². The van der Waals surface area contributed by atoms with Crippen LogP contribution in [-0.2, 0) is 9.53 Å². The van der Waals surface area contributed by atoms with Gasteiger partial charge in [-0.2, -0.15) is 0 Å². The predicted octanol–water partition coefficient (Wildman–Crippen LogP) is 1.78. The molecular formula is C9H16O2. The first-order chi connectivity index (χ1) is 5.29. The van der Waals surface area contributed by atoms with Gasteiger partial charge < -0.3 is 4.74 Å². The van der Waals surface area contributed by atoms with Crippen molar-refractivity contribution in [2.75, 3.05) is 6.61 Å². The Morgan fingerprint density at radius 2 is 2.18 bits per heavy atom. The maximum atomic E-state index is 11.3. The van der Waals surface area contributed by atoms with Crippen LogP contribution in [0.25, 0.3) is 0 Å². The highest BCUT2D eigenvalue weighted by atomic mass is 16.5. The topological polar surface area (TPSA) is 26.3 Å². The van der Waals surface area contributed by atoms with E-state index in [0.717, 1.165) is 0 Å². The highest BCUT2D eigenvalue weighted by molar-refractivity contribution is 5.83. The third kappa shape index (κ3) is 2.29. The van der Waals surface area contributed by atoms with E-state index in [4.69, 9.17) is 4.74 Å². The molecule has 1 aliphatic carbocycles. The molecule has 0 saturated heterocycles. The van der Waals surface area contributed by atoms with Crippen LogP contribution in [0, 0.1) is 5.92 Å². The van der Waals surface area contributed by atoms with Crippen LogP contribution >= 0.6 is 0 Å². The molecule has 2 heteroatoms. The zero-order valence-corrected chi connectivity index (χ0v) is 7.30. The first kappa shape index (κ1) is 8.72. The standard InChI is InChI=1S/C9H16O2/c1-3-8(10)9(11-4-2)7-5-6-7/h7,9H,3-6H2,1-2H3. The van der Waals surface area contributed by atoms with E-state index < -0.39 is 0 Å². The van der Waals surface area contributed by atoms with Gasteiger partial charge in [0, 0.05) is 13.0 Å². The summed E-state index contributed by atoms with van der Waals surface area (Å²) in [6.07, 6.45) is 2.89. The van der Waals surface area contributed by atoms with E-state index in [1.54, 1.807) is 0 Å². The Balaban J connectivity index is 2.37. The molecule has 0 aromatic carbocycles. The highest BCUT2D eigenvalue weighted by Gasteiger charge is 2.35. The number of Topliss-reactive ketones (excluding diaryl/α,β-unsaturated/α-hetero) is 1. The Morgan fingerprint density at radius 1 is 1.55 bits per heavy atom. The van der Waals surface area contributed by atoms with Crippen LogP contribution in [0.2, 0.25) is 0 Å². The maximum absolute atomic E-state index is 11.3. The van der Waals surface area contributed by atoms with Crippen molar-refractivity contribution in [2.45, 2.75) is 39.2 Å². The van der Waals surface area contributed by atoms with Crippen LogP contribution in [0.3, 0.4) is 0 Å². The van der Waals surface area contributed by atoms with Gasteiger partial charge in [-0.05, 0) is 25.7 Å². The van der Waals surface area contributed by atoms with Crippen LogP contribution in [0.4, 0.5) is 0 Å². The Labute approximate surface area is 67.9 Å². The molecule has 1 rings (SSSR count). The summed E-state index contributed by atoms with van der Waals surface area (Å²) < 4.78 is 5.37. The molecule has 0 N–H and O–H groups in total. The quantitative estimate of drug-likeness (QED) is 0.606. The monoisotopic (exact) mass is 156 g/mol. The van der Waals surface area contributed by atoms with E-state index in [-0.39, 0.29) is 11.9 Å². The summed E-state index contributed by atoms with van der Waals surface area (Å²) in [5, 5.41) is 0. The Hall–Kier alpha value is -0.370. The van der Waals surface area contributed by atoms with Crippen molar-refractivity contribution in [3.63, 3.8) is 0 Å². The van der Waals surface area contributed by atoms with Crippen molar-refractivity contribution in [1.29, 1.82) is 0 Å². The summed E-state index contributed by atoms with van der Waals surface area (Å²) in [5.41, 5.74) is 0. The van der Waals surface area contributed by atoms with Gasteiger partial charge in [-0.3, -0.25) is 4.79 Å². The van der Waals surface area contributed by atoms with E-state index in [9.17, 15) is 4.79 Å². The molecule has 11 heavy (non-hydrogen) atoms. The molecule has 0 spiro atoms. The fraction of sp³-hybridized carbons (Fsp3) is 0.889. The average molecular weight is 156 g/mol. The molecule has 1 atom stereocenters. The van der Waals surface area contributed by atoms with Crippen molar-refractivity contribution in [3.8, 4) is 0 Å². The zero-order valence-electron chi connectivity index (χ0n) is 7.30. The van der Waals surface area contributed by atoms with E-state index in [1.165, 1.54) is 12.8 Å². The van der Waals surface area contributed by atoms with Gasteiger partial charge in [-0.15, -0.1) is 0 Å². The van der Waals surface area contributed by atoms with Crippen molar-refractivity contribution in [3.05, 3.63) is 0 Å². The lowest BCUT2D eigenvalue weighted by Crippen LogP contribution is -2.25. The first-order valence-electron chi connectivity index (χ1n) is 4.43. The minimum atomic E-state index is -0.0787. The van der Waals surface area contributed by atoms with Crippen LogP contribution in [0.15, 0.2) is 0 Å². The summed E-state index contributed by atoms with van der Waals surface area (Å²) in [5.74, 6) is 0.816. The van der Waals surface area contributed by atoms with Crippen LogP contribution < -0.4 is 0 Å². The molecule has 2 nitrogen and oxygen atoms in total. The Morgan fingerprint density at radius 3 is 2.55 bits per heavy atom. The fourth-order valence-electron chi connectivity index (χ4n) is 1.27. The number of carbonyl (C=O) groups is 1. The van der Waals surface area contributed by atoms with Crippen LogP contribution in [0.1, 0.15) is 33.1 Å². The molecule has 1 unspecified atom stereocenters. The lowest BCUT2D eigenvalue weighted by Gasteiger charge is -2.13.